The van der Waals surface area contributed by atoms with Crippen LogP contribution in [0.15, 0.2) is 24.3 Å². The number of piperidine rings is 1. The second kappa shape index (κ2) is 8.15. The van der Waals surface area contributed by atoms with E-state index in [0.29, 0.717) is 12.5 Å². The number of hydrogen-bond donors (Lipinski definition) is 2. The van der Waals surface area contributed by atoms with Crippen molar-refractivity contribution >= 4 is 5.91 Å². The number of ether oxygens (including phenoxy) is 1. The van der Waals surface area contributed by atoms with Crippen LogP contribution in [0.5, 0.6) is 5.75 Å². The molecule has 0 spiro atoms. The highest BCUT2D eigenvalue weighted by molar-refractivity contribution is 5.72. The molecule has 1 aromatic carbocycles. The van der Waals surface area contributed by atoms with Gasteiger partial charge in [0.1, 0.15) is 5.75 Å². The zero-order chi connectivity index (χ0) is 15.9. The smallest absolute Gasteiger partial charge is 0.216 e. The summed E-state index contributed by atoms with van der Waals surface area (Å²) in [4.78, 5) is 13.3. The Hall–Kier alpha value is -1.59. The molecule has 0 aromatic heterocycles. The molecule has 0 bridgehead atoms. The van der Waals surface area contributed by atoms with Crippen LogP contribution in [0.4, 0.5) is 0 Å². The third-order valence-corrected chi connectivity index (χ3v) is 4.13. The fourth-order valence-corrected chi connectivity index (χ4v) is 3.16. The minimum absolute atomic E-state index is 0.0242. The summed E-state index contributed by atoms with van der Waals surface area (Å²) >= 11 is 0. The number of hydrogen-bond acceptors (Lipinski definition) is 4. The monoisotopic (exact) mass is 305 g/mol. The van der Waals surface area contributed by atoms with Crippen molar-refractivity contribution in [1.29, 1.82) is 0 Å². The number of methoxy groups -OCH3 is 1. The number of amides is 1. The maximum Gasteiger partial charge on any atom is 0.216 e. The molecule has 1 aromatic rings. The largest absolute Gasteiger partial charge is 0.497 e. The molecule has 0 saturated carbocycles. The van der Waals surface area contributed by atoms with Gasteiger partial charge in [-0.25, -0.2) is 0 Å². The van der Waals surface area contributed by atoms with Crippen molar-refractivity contribution in [2.45, 2.75) is 25.8 Å². The van der Waals surface area contributed by atoms with Crippen LogP contribution in [0.1, 0.15) is 18.9 Å². The van der Waals surface area contributed by atoms with Crippen molar-refractivity contribution in [2.75, 3.05) is 33.3 Å². The van der Waals surface area contributed by atoms with Crippen LogP contribution < -0.4 is 15.8 Å². The molecule has 5 nitrogen and oxygen atoms in total. The van der Waals surface area contributed by atoms with Crippen LogP contribution in [0.25, 0.3) is 0 Å². The lowest BCUT2D eigenvalue weighted by Gasteiger charge is -2.36. The second-order valence-corrected chi connectivity index (χ2v) is 6.16. The van der Waals surface area contributed by atoms with Crippen LogP contribution in [0.3, 0.4) is 0 Å². The molecule has 1 heterocycles. The van der Waals surface area contributed by atoms with E-state index < -0.39 is 0 Å². The molecule has 1 amide bonds. The highest BCUT2D eigenvalue weighted by Crippen LogP contribution is 2.21. The maximum atomic E-state index is 10.9. The molecule has 0 aliphatic carbocycles. The number of benzene rings is 1. The molecule has 0 radical (unpaired) electrons. The first kappa shape index (κ1) is 16.8. The molecule has 5 heteroatoms. The molecule has 1 aliphatic rings. The lowest BCUT2D eigenvalue weighted by Crippen LogP contribution is -2.49. The Bertz CT molecular complexity index is 475. The molecule has 1 aliphatic heterocycles. The molecule has 122 valence electrons. The minimum atomic E-state index is 0.0242. The molecular weight excluding hydrogens is 278 g/mol. The molecule has 1 fully saturated rings. The zero-order valence-electron chi connectivity index (χ0n) is 13.5. The Morgan fingerprint density at radius 1 is 1.36 bits per heavy atom. The van der Waals surface area contributed by atoms with Gasteiger partial charge in [-0.15, -0.1) is 0 Å². The van der Waals surface area contributed by atoms with E-state index >= 15 is 0 Å². The summed E-state index contributed by atoms with van der Waals surface area (Å²) in [6, 6.07) is 8.48. The van der Waals surface area contributed by atoms with E-state index in [1.165, 1.54) is 5.56 Å². The van der Waals surface area contributed by atoms with Crippen molar-refractivity contribution in [2.24, 2.45) is 11.7 Å². The van der Waals surface area contributed by atoms with Crippen molar-refractivity contribution in [3.63, 3.8) is 0 Å². The van der Waals surface area contributed by atoms with Gasteiger partial charge in [0, 0.05) is 39.1 Å². The highest BCUT2D eigenvalue weighted by Gasteiger charge is 2.24. The SMILES string of the molecule is COc1ccc(CC2CC(N)CN(CCNC(C)=O)C2)cc1. The first-order valence-electron chi connectivity index (χ1n) is 7.92. The predicted octanol–water partition coefficient (Wildman–Crippen LogP) is 1.02. The molecule has 2 unspecified atom stereocenters. The van der Waals surface area contributed by atoms with Crippen LogP contribution in [0, 0.1) is 5.92 Å². The van der Waals surface area contributed by atoms with E-state index in [2.05, 4.69) is 22.3 Å². The first-order chi connectivity index (χ1) is 10.6. The number of carbonyl (C=O) groups is 1. The Kier molecular flexibility index (Phi) is 6.21. The zero-order valence-corrected chi connectivity index (χ0v) is 13.5. The van der Waals surface area contributed by atoms with Gasteiger partial charge in [0.2, 0.25) is 5.91 Å². The highest BCUT2D eigenvalue weighted by atomic mass is 16.5. The van der Waals surface area contributed by atoms with Gasteiger partial charge in [0.05, 0.1) is 7.11 Å². The fourth-order valence-electron chi connectivity index (χ4n) is 3.16. The summed E-state index contributed by atoms with van der Waals surface area (Å²) in [5.74, 6) is 1.48. The van der Waals surface area contributed by atoms with Crippen LogP contribution in [0.2, 0.25) is 0 Å². The average molecular weight is 305 g/mol. The Labute approximate surface area is 132 Å². The summed E-state index contributed by atoms with van der Waals surface area (Å²) in [6.45, 7) is 5.07. The minimum Gasteiger partial charge on any atom is -0.497 e. The van der Waals surface area contributed by atoms with Gasteiger partial charge in [-0.3, -0.25) is 9.69 Å². The third kappa shape index (κ3) is 5.31. The fraction of sp³-hybridized carbons (Fsp3) is 0.588. The number of carbonyl (C=O) groups excluding carboxylic acids is 1. The van der Waals surface area contributed by atoms with E-state index in [1.54, 1.807) is 14.0 Å². The first-order valence-corrected chi connectivity index (χ1v) is 7.92. The van der Waals surface area contributed by atoms with E-state index in [9.17, 15) is 4.79 Å². The summed E-state index contributed by atoms with van der Waals surface area (Å²) in [5.41, 5.74) is 7.52. The van der Waals surface area contributed by atoms with Gasteiger partial charge in [-0.2, -0.15) is 0 Å². The molecule has 1 saturated heterocycles. The summed E-state index contributed by atoms with van der Waals surface area (Å²) in [5, 5.41) is 2.85. The summed E-state index contributed by atoms with van der Waals surface area (Å²) in [7, 11) is 1.68. The average Bonchev–Trinajstić information content (AvgIpc) is 2.47. The van der Waals surface area contributed by atoms with Gasteiger partial charge in [0.15, 0.2) is 0 Å². The maximum absolute atomic E-state index is 10.9. The summed E-state index contributed by atoms with van der Waals surface area (Å²) < 4.78 is 5.19. The Morgan fingerprint density at radius 3 is 2.73 bits per heavy atom. The lowest BCUT2D eigenvalue weighted by molar-refractivity contribution is -0.119. The molecule has 2 atom stereocenters. The lowest BCUT2D eigenvalue weighted by atomic mass is 9.89. The third-order valence-electron chi connectivity index (χ3n) is 4.13. The number of nitrogens with two attached hydrogens (primary N) is 1. The van der Waals surface area contributed by atoms with Gasteiger partial charge in [0.25, 0.3) is 0 Å². The van der Waals surface area contributed by atoms with Gasteiger partial charge in [-0.05, 0) is 36.5 Å². The van der Waals surface area contributed by atoms with Crippen molar-refractivity contribution in [3.05, 3.63) is 29.8 Å². The number of rotatable bonds is 6. The standard InChI is InChI=1S/C17H27N3O2/c1-13(21)19-7-8-20-11-15(10-16(18)12-20)9-14-3-5-17(22-2)6-4-14/h3-6,15-16H,7-12,18H2,1-2H3,(H,19,21). The molecular formula is C17H27N3O2. The van der Waals surface area contributed by atoms with Crippen LogP contribution in [-0.2, 0) is 11.2 Å². The van der Waals surface area contributed by atoms with E-state index in [0.717, 1.165) is 38.2 Å². The quantitative estimate of drug-likeness (QED) is 0.823. The van der Waals surface area contributed by atoms with E-state index in [1.807, 2.05) is 12.1 Å². The summed E-state index contributed by atoms with van der Waals surface area (Å²) in [6.07, 6.45) is 2.09. The van der Waals surface area contributed by atoms with Crippen molar-refractivity contribution in [3.8, 4) is 5.75 Å². The second-order valence-electron chi connectivity index (χ2n) is 6.16. The van der Waals surface area contributed by atoms with Crippen molar-refractivity contribution < 1.29 is 9.53 Å². The Balaban J connectivity index is 1.85. The topological polar surface area (TPSA) is 67.6 Å². The van der Waals surface area contributed by atoms with Crippen molar-refractivity contribution in [1.82, 2.24) is 10.2 Å². The van der Waals surface area contributed by atoms with Gasteiger partial charge in [-0.1, -0.05) is 12.1 Å². The normalized spacial score (nSPS) is 22.3. The van der Waals surface area contributed by atoms with E-state index in [-0.39, 0.29) is 11.9 Å². The number of nitrogens with one attached hydrogen (secondary N) is 1. The van der Waals surface area contributed by atoms with Gasteiger partial charge >= 0.3 is 0 Å². The van der Waals surface area contributed by atoms with Gasteiger partial charge < -0.3 is 15.8 Å². The van der Waals surface area contributed by atoms with Crippen LogP contribution in [-0.4, -0.2) is 50.1 Å². The van der Waals surface area contributed by atoms with Crippen LogP contribution >= 0.6 is 0 Å². The number of likely N-dealkylation sites (tertiary alicyclic amines) is 1. The molecule has 2 rings (SSSR count). The number of nitrogens with zero attached hydrogens (tertiary/aromatic N) is 1. The Morgan fingerprint density at radius 2 is 2.09 bits per heavy atom. The molecule has 22 heavy (non-hydrogen) atoms. The van der Waals surface area contributed by atoms with E-state index in [4.69, 9.17) is 10.5 Å². The predicted molar refractivity (Wildman–Crippen MR) is 87.9 cm³/mol. The molecule has 3 N–H and O–H groups in total.